The monoisotopic (exact) mass is 227 g/mol. The second kappa shape index (κ2) is 4.24. The topological polar surface area (TPSA) is 81.1 Å². The molecule has 1 aliphatic rings. The minimum Gasteiger partial charge on any atom is -0.396 e. The summed E-state index contributed by atoms with van der Waals surface area (Å²) in [5.74, 6) is 1.42. The van der Waals surface area contributed by atoms with Crippen LogP contribution in [0.15, 0.2) is 17.1 Å². The number of hydrogen-bond donors (Lipinski definition) is 2. The Hall–Kier alpha value is -1.01. The van der Waals surface area contributed by atoms with Gasteiger partial charge in [0, 0.05) is 18.6 Å². The second-order valence-electron chi connectivity index (χ2n) is 3.61. The van der Waals surface area contributed by atoms with E-state index >= 15 is 0 Å². The molecule has 0 aromatic carbocycles. The van der Waals surface area contributed by atoms with Gasteiger partial charge in [0.05, 0.1) is 5.37 Å². The van der Waals surface area contributed by atoms with Gasteiger partial charge < -0.3 is 10.8 Å². The van der Waals surface area contributed by atoms with Crippen LogP contribution in [0.5, 0.6) is 0 Å². The van der Waals surface area contributed by atoms with Gasteiger partial charge in [0.15, 0.2) is 0 Å². The fourth-order valence-electron chi connectivity index (χ4n) is 1.63. The molecule has 2 atom stereocenters. The zero-order valence-electron chi connectivity index (χ0n) is 8.17. The van der Waals surface area contributed by atoms with E-state index in [2.05, 4.69) is 4.98 Å². The van der Waals surface area contributed by atoms with Crippen molar-refractivity contribution in [2.24, 2.45) is 5.92 Å². The molecule has 0 unspecified atom stereocenters. The minimum atomic E-state index is -0.314. The Morgan fingerprint density at radius 2 is 2.53 bits per heavy atom. The number of nitrogens with zero attached hydrogens (tertiary/aromatic N) is 2. The Labute approximate surface area is 91.3 Å². The SMILES string of the molecule is Nc1ccn([C@H]2C[C@@H](CO)CS2)c(=O)n1. The fourth-order valence-corrected chi connectivity index (χ4v) is 3.10. The van der Waals surface area contributed by atoms with E-state index in [1.807, 2.05) is 0 Å². The average Bonchev–Trinajstić information content (AvgIpc) is 2.66. The number of aromatic nitrogens is 2. The van der Waals surface area contributed by atoms with Gasteiger partial charge in [-0.15, -0.1) is 11.8 Å². The zero-order chi connectivity index (χ0) is 10.8. The van der Waals surface area contributed by atoms with Crippen LogP contribution in [0, 0.1) is 5.92 Å². The van der Waals surface area contributed by atoms with Crippen molar-refractivity contribution in [2.45, 2.75) is 11.8 Å². The lowest BCUT2D eigenvalue weighted by Gasteiger charge is -2.12. The Kier molecular flexibility index (Phi) is 2.97. The third kappa shape index (κ3) is 2.15. The quantitative estimate of drug-likeness (QED) is 0.747. The van der Waals surface area contributed by atoms with Crippen LogP contribution < -0.4 is 11.4 Å². The summed E-state index contributed by atoms with van der Waals surface area (Å²) in [6.45, 7) is 0.181. The largest absolute Gasteiger partial charge is 0.396 e. The first-order chi connectivity index (χ1) is 7.20. The van der Waals surface area contributed by atoms with Gasteiger partial charge in [0.25, 0.3) is 0 Å². The summed E-state index contributed by atoms with van der Waals surface area (Å²) in [4.78, 5) is 15.2. The molecule has 82 valence electrons. The number of nitrogen functional groups attached to an aromatic ring is 1. The van der Waals surface area contributed by atoms with E-state index in [0.29, 0.717) is 0 Å². The van der Waals surface area contributed by atoms with Crippen LogP contribution in [0.4, 0.5) is 5.82 Å². The highest BCUT2D eigenvalue weighted by molar-refractivity contribution is 7.99. The molecule has 0 saturated carbocycles. The number of hydrogen-bond acceptors (Lipinski definition) is 5. The molecular formula is C9H13N3O2S. The molecule has 3 N–H and O–H groups in total. The van der Waals surface area contributed by atoms with E-state index in [1.165, 1.54) is 0 Å². The van der Waals surface area contributed by atoms with Crippen LogP contribution in [0.25, 0.3) is 0 Å². The molecule has 1 fully saturated rings. The number of nitrogens with two attached hydrogens (primary N) is 1. The van der Waals surface area contributed by atoms with Gasteiger partial charge in [-0.2, -0.15) is 4.98 Å². The lowest BCUT2D eigenvalue weighted by Crippen LogP contribution is -2.25. The molecule has 1 aromatic rings. The van der Waals surface area contributed by atoms with Crippen molar-refractivity contribution in [1.29, 1.82) is 0 Å². The predicted molar refractivity (Wildman–Crippen MR) is 59.6 cm³/mol. The molecule has 5 nitrogen and oxygen atoms in total. The van der Waals surface area contributed by atoms with Crippen molar-refractivity contribution in [3.63, 3.8) is 0 Å². The summed E-state index contributed by atoms with van der Waals surface area (Å²) in [6.07, 6.45) is 2.48. The highest BCUT2D eigenvalue weighted by Crippen LogP contribution is 2.38. The van der Waals surface area contributed by atoms with E-state index in [0.717, 1.165) is 12.2 Å². The maximum atomic E-state index is 11.5. The Morgan fingerprint density at radius 1 is 1.73 bits per heavy atom. The first kappa shape index (κ1) is 10.5. The molecule has 15 heavy (non-hydrogen) atoms. The molecular weight excluding hydrogens is 214 g/mol. The number of aliphatic hydroxyl groups excluding tert-OH is 1. The summed E-state index contributed by atoms with van der Waals surface area (Å²) in [6, 6.07) is 1.62. The minimum absolute atomic E-state index is 0.0859. The van der Waals surface area contributed by atoms with Crippen molar-refractivity contribution in [3.8, 4) is 0 Å². The van der Waals surface area contributed by atoms with E-state index in [-0.39, 0.29) is 29.4 Å². The molecule has 0 spiro atoms. The molecule has 0 aliphatic carbocycles. The third-order valence-electron chi connectivity index (χ3n) is 2.48. The van der Waals surface area contributed by atoms with Gasteiger partial charge in [0.1, 0.15) is 5.82 Å². The number of anilines is 1. The molecule has 1 saturated heterocycles. The van der Waals surface area contributed by atoms with Crippen molar-refractivity contribution in [1.82, 2.24) is 9.55 Å². The molecule has 2 heterocycles. The molecule has 2 rings (SSSR count). The van der Waals surface area contributed by atoms with Gasteiger partial charge in [-0.3, -0.25) is 4.57 Å². The van der Waals surface area contributed by atoms with E-state index in [9.17, 15) is 4.79 Å². The lowest BCUT2D eigenvalue weighted by molar-refractivity contribution is 0.233. The summed E-state index contributed by atoms with van der Waals surface area (Å²) in [7, 11) is 0. The van der Waals surface area contributed by atoms with Gasteiger partial charge in [-0.25, -0.2) is 4.79 Å². The first-order valence-electron chi connectivity index (χ1n) is 4.78. The van der Waals surface area contributed by atoms with Crippen molar-refractivity contribution >= 4 is 17.6 Å². The average molecular weight is 227 g/mol. The van der Waals surface area contributed by atoms with Crippen LogP contribution in [0.1, 0.15) is 11.8 Å². The highest BCUT2D eigenvalue weighted by Gasteiger charge is 2.26. The van der Waals surface area contributed by atoms with Crippen LogP contribution in [0.2, 0.25) is 0 Å². The normalized spacial score (nSPS) is 25.7. The van der Waals surface area contributed by atoms with Crippen molar-refractivity contribution < 1.29 is 5.11 Å². The molecule has 1 aliphatic heterocycles. The predicted octanol–water partition coefficient (Wildman–Crippen LogP) is 0.0695. The molecule has 6 heteroatoms. The second-order valence-corrected chi connectivity index (χ2v) is 4.83. The van der Waals surface area contributed by atoms with Crippen LogP contribution >= 0.6 is 11.8 Å². The number of rotatable bonds is 2. The molecule has 1 aromatic heterocycles. The third-order valence-corrected chi connectivity index (χ3v) is 3.95. The Morgan fingerprint density at radius 3 is 3.13 bits per heavy atom. The van der Waals surface area contributed by atoms with Crippen LogP contribution in [-0.2, 0) is 0 Å². The number of aliphatic hydroxyl groups is 1. The number of thioether (sulfide) groups is 1. The Balaban J connectivity index is 2.20. The fraction of sp³-hybridized carbons (Fsp3) is 0.556. The maximum Gasteiger partial charge on any atom is 0.350 e. The summed E-state index contributed by atoms with van der Waals surface area (Å²) in [5, 5.41) is 9.09. The van der Waals surface area contributed by atoms with Crippen LogP contribution in [0.3, 0.4) is 0 Å². The van der Waals surface area contributed by atoms with Gasteiger partial charge in [0.2, 0.25) is 0 Å². The van der Waals surface area contributed by atoms with Crippen molar-refractivity contribution in [2.75, 3.05) is 18.1 Å². The molecule has 0 bridgehead atoms. The summed E-state index contributed by atoms with van der Waals surface area (Å²) < 4.78 is 1.58. The maximum absolute atomic E-state index is 11.5. The Bertz CT molecular complexity index is 407. The molecule has 0 radical (unpaired) electrons. The lowest BCUT2D eigenvalue weighted by atomic mass is 10.1. The van der Waals surface area contributed by atoms with E-state index < -0.39 is 0 Å². The summed E-state index contributed by atoms with van der Waals surface area (Å²) >= 11 is 1.67. The zero-order valence-corrected chi connectivity index (χ0v) is 8.98. The smallest absolute Gasteiger partial charge is 0.350 e. The van der Waals surface area contributed by atoms with Gasteiger partial charge in [-0.1, -0.05) is 0 Å². The van der Waals surface area contributed by atoms with E-state index in [1.54, 1.807) is 28.6 Å². The van der Waals surface area contributed by atoms with Crippen molar-refractivity contribution in [3.05, 3.63) is 22.7 Å². The van der Waals surface area contributed by atoms with Gasteiger partial charge in [-0.05, 0) is 18.4 Å². The standard InChI is InChI=1S/C9H13N3O2S/c10-7-1-2-12(9(14)11-7)8-3-6(4-13)5-15-8/h1-2,6,8,13H,3-5H2,(H2,10,11,14)/t6-,8+/m0/s1. The molecule has 0 amide bonds. The first-order valence-corrected chi connectivity index (χ1v) is 5.82. The highest BCUT2D eigenvalue weighted by atomic mass is 32.2. The van der Waals surface area contributed by atoms with Crippen LogP contribution in [-0.4, -0.2) is 27.0 Å². The van der Waals surface area contributed by atoms with Gasteiger partial charge >= 0.3 is 5.69 Å². The van der Waals surface area contributed by atoms with E-state index in [4.69, 9.17) is 10.8 Å². The summed E-state index contributed by atoms with van der Waals surface area (Å²) in [5.41, 5.74) is 5.09.